The molecule has 144 valence electrons. The number of Topliss-reactive ketones (excluding diaryl/α,β-unsaturated/α-hetero) is 1. The molecule has 4 atom stereocenters. The van der Waals surface area contributed by atoms with Crippen LogP contribution in [0.5, 0.6) is 0 Å². The molecule has 0 aromatic rings. The van der Waals surface area contributed by atoms with Gasteiger partial charge in [0.05, 0.1) is 6.61 Å². The molecule has 0 spiro atoms. The third-order valence-electron chi connectivity index (χ3n) is 4.36. The van der Waals surface area contributed by atoms with Gasteiger partial charge >= 0.3 is 0 Å². The second-order valence-electron chi connectivity index (χ2n) is 6.57. The van der Waals surface area contributed by atoms with E-state index in [2.05, 4.69) is 6.92 Å². The fourth-order valence-electron chi connectivity index (χ4n) is 2.65. The Hall–Kier alpha value is -0.530. The molecule has 0 aliphatic carbocycles. The minimum atomic E-state index is -1.79. The lowest BCUT2D eigenvalue weighted by atomic mass is 9.97. The molecule has 0 rings (SSSR count). The highest BCUT2D eigenvalue weighted by atomic mass is 16.4. The van der Waals surface area contributed by atoms with E-state index >= 15 is 0 Å². The van der Waals surface area contributed by atoms with Crippen LogP contribution in [0.3, 0.4) is 0 Å². The summed E-state index contributed by atoms with van der Waals surface area (Å²) in [7, 11) is 0. The van der Waals surface area contributed by atoms with Crippen molar-refractivity contribution in [2.24, 2.45) is 0 Å². The molecule has 0 radical (unpaired) electrons. The predicted octanol–water partition coefficient (Wildman–Crippen LogP) is 1.30. The Morgan fingerprint density at radius 2 is 1.21 bits per heavy atom. The van der Waals surface area contributed by atoms with Crippen molar-refractivity contribution in [1.82, 2.24) is 0 Å². The molecule has 0 aliphatic rings. The Morgan fingerprint density at radius 1 is 0.750 bits per heavy atom. The summed E-state index contributed by atoms with van der Waals surface area (Å²) < 4.78 is 0. The van der Waals surface area contributed by atoms with Crippen molar-refractivity contribution >= 4 is 5.78 Å². The monoisotopic (exact) mass is 348 g/mol. The number of carbonyl (C=O) groups excluding carboxylic acids is 1. The Morgan fingerprint density at radius 3 is 1.67 bits per heavy atom. The van der Waals surface area contributed by atoms with Crippen molar-refractivity contribution in [1.29, 1.82) is 0 Å². The maximum Gasteiger partial charge on any atom is 0.164 e. The molecule has 24 heavy (non-hydrogen) atoms. The van der Waals surface area contributed by atoms with Crippen molar-refractivity contribution in [3.63, 3.8) is 0 Å². The Kier molecular flexibility index (Phi) is 14.5. The fourth-order valence-corrected chi connectivity index (χ4v) is 2.65. The highest BCUT2D eigenvalue weighted by molar-refractivity contribution is 5.83. The predicted molar refractivity (Wildman–Crippen MR) is 92.6 cm³/mol. The van der Waals surface area contributed by atoms with Gasteiger partial charge in [0, 0.05) is 6.42 Å². The first-order chi connectivity index (χ1) is 11.5. The van der Waals surface area contributed by atoms with E-state index in [-0.39, 0.29) is 6.42 Å². The highest BCUT2D eigenvalue weighted by Gasteiger charge is 2.33. The van der Waals surface area contributed by atoms with Gasteiger partial charge in [-0.05, 0) is 6.42 Å². The standard InChI is InChI=1S/C18H36O6/c1-2-3-4-5-6-7-8-9-10-11-12-14(20)16(22)18(24)17(23)15(21)13-19/h15-19,21-24H,2-13H2,1H3/t15-,16+,17+,18-/m1/s1. The summed E-state index contributed by atoms with van der Waals surface area (Å²) in [4.78, 5) is 11.8. The van der Waals surface area contributed by atoms with Crippen LogP contribution in [-0.2, 0) is 4.79 Å². The van der Waals surface area contributed by atoms with E-state index in [1.54, 1.807) is 0 Å². The van der Waals surface area contributed by atoms with Crippen LogP contribution < -0.4 is 0 Å². The van der Waals surface area contributed by atoms with Gasteiger partial charge in [-0.3, -0.25) is 4.79 Å². The van der Waals surface area contributed by atoms with Crippen molar-refractivity contribution in [2.45, 2.75) is 102 Å². The molecule has 0 unspecified atom stereocenters. The molecule has 0 fully saturated rings. The van der Waals surface area contributed by atoms with Gasteiger partial charge in [0.25, 0.3) is 0 Å². The van der Waals surface area contributed by atoms with Crippen molar-refractivity contribution in [3.05, 3.63) is 0 Å². The summed E-state index contributed by atoms with van der Waals surface area (Å²) in [5.74, 6) is -0.550. The van der Waals surface area contributed by atoms with Gasteiger partial charge in [0.15, 0.2) is 5.78 Å². The minimum absolute atomic E-state index is 0.136. The number of carbonyl (C=O) groups is 1. The molecular formula is C18H36O6. The third-order valence-corrected chi connectivity index (χ3v) is 4.36. The van der Waals surface area contributed by atoms with Gasteiger partial charge < -0.3 is 25.5 Å². The molecule has 5 N–H and O–H groups in total. The molecule has 0 saturated heterocycles. The quantitative estimate of drug-likeness (QED) is 0.268. The zero-order valence-corrected chi connectivity index (χ0v) is 14.9. The van der Waals surface area contributed by atoms with Crippen molar-refractivity contribution in [2.75, 3.05) is 6.61 Å². The molecule has 0 aliphatic heterocycles. The van der Waals surface area contributed by atoms with E-state index in [9.17, 15) is 25.2 Å². The summed E-state index contributed by atoms with van der Waals surface area (Å²) in [5, 5.41) is 46.7. The van der Waals surface area contributed by atoms with Crippen LogP contribution in [0.2, 0.25) is 0 Å². The Bertz CT molecular complexity index is 310. The zero-order chi connectivity index (χ0) is 18.4. The van der Waals surface area contributed by atoms with E-state index in [4.69, 9.17) is 5.11 Å². The van der Waals surface area contributed by atoms with Gasteiger partial charge in [-0.2, -0.15) is 0 Å². The zero-order valence-electron chi connectivity index (χ0n) is 14.9. The molecule has 6 heteroatoms. The van der Waals surface area contributed by atoms with E-state index in [0.717, 1.165) is 19.3 Å². The first-order valence-electron chi connectivity index (χ1n) is 9.31. The van der Waals surface area contributed by atoms with Gasteiger partial charge in [0.2, 0.25) is 0 Å². The summed E-state index contributed by atoms with van der Waals surface area (Å²) in [6, 6.07) is 0. The SMILES string of the molecule is CCCCCCCCCCCCC(=O)[C@H](O)[C@@H](O)[C@@H](O)[C@H](O)CO. The molecule has 0 heterocycles. The molecule has 6 nitrogen and oxygen atoms in total. The third kappa shape index (κ3) is 10.4. The molecule has 0 bridgehead atoms. The number of ketones is 1. The minimum Gasteiger partial charge on any atom is -0.394 e. The maximum atomic E-state index is 11.8. The fraction of sp³-hybridized carbons (Fsp3) is 0.944. The van der Waals surface area contributed by atoms with Crippen LogP contribution in [0.15, 0.2) is 0 Å². The van der Waals surface area contributed by atoms with Crippen LogP contribution in [0.1, 0.15) is 77.6 Å². The van der Waals surface area contributed by atoms with Gasteiger partial charge in [-0.15, -0.1) is 0 Å². The number of rotatable bonds is 16. The van der Waals surface area contributed by atoms with Gasteiger partial charge in [-0.1, -0.05) is 64.7 Å². The van der Waals surface area contributed by atoms with Crippen LogP contribution >= 0.6 is 0 Å². The second-order valence-corrected chi connectivity index (χ2v) is 6.57. The average Bonchev–Trinajstić information content (AvgIpc) is 2.60. The number of hydrogen-bond acceptors (Lipinski definition) is 6. The first kappa shape index (κ1) is 23.5. The lowest BCUT2D eigenvalue weighted by Gasteiger charge is -2.24. The lowest BCUT2D eigenvalue weighted by Crippen LogP contribution is -2.48. The van der Waals surface area contributed by atoms with Gasteiger partial charge in [-0.25, -0.2) is 0 Å². The Balaban J connectivity index is 3.71. The van der Waals surface area contributed by atoms with Crippen molar-refractivity contribution in [3.8, 4) is 0 Å². The topological polar surface area (TPSA) is 118 Å². The van der Waals surface area contributed by atoms with Gasteiger partial charge in [0.1, 0.15) is 24.4 Å². The molecule has 0 saturated carbocycles. The van der Waals surface area contributed by atoms with Crippen LogP contribution in [0, 0.1) is 0 Å². The van der Waals surface area contributed by atoms with Crippen LogP contribution in [0.4, 0.5) is 0 Å². The summed E-state index contributed by atoms with van der Waals surface area (Å²) >= 11 is 0. The largest absolute Gasteiger partial charge is 0.394 e. The molecule has 0 amide bonds. The smallest absolute Gasteiger partial charge is 0.164 e. The number of unbranched alkanes of at least 4 members (excludes halogenated alkanes) is 9. The van der Waals surface area contributed by atoms with E-state index in [0.29, 0.717) is 6.42 Å². The normalized spacial score (nSPS) is 16.6. The number of aliphatic hydroxyl groups is 5. The first-order valence-corrected chi connectivity index (χ1v) is 9.31. The van der Waals surface area contributed by atoms with E-state index in [1.807, 2.05) is 0 Å². The van der Waals surface area contributed by atoms with Crippen molar-refractivity contribution < 1.29 is 30.3 Å². The van der Waals surface area contributed by atoms with E-state index < -0.39 is 36.8 Å². The lowest BCUT2D eigenvalue weighted by molar-refractivity contribution is -0.147. The number of hydrogen-bond donors (Lipinski definition) is 5. The second kappa shape index (κ2) is 14.8. The maximum absolute atomic E-state index is 11.8. The van der Waals surface area contributed by atoms with Crippen LogP contribution in [-0.4, -0.2) is 62.3 Å². The van der Waals surface area contributed by atoms with Crippen LogP contribution in [0.25, 0.3) is 0 Å². The number of aliphatic hydroxyl groups excluding tert-OH is 5. The summed E-state index contributed by atoms with van der Waals surface area (Å²) in [5.41, 5.74) is 0. The summed E-state index contributed by atoms with van der Waals surface area (Å²) in [6.07, 6.45) is 4.63. The molecule has 0 aromatic carbocycles. The highest BCUT2D eigenvalue weighted by Crippen LogP contribution is 2.13. The summed E-state index contributed by atoms with van der Waals surface area (Å²) in [6.45, 7) is 1.45. The molecule has 0 aromatic heterocycles. The average molecular weight is 348 g/mol. The van der Waals surface area contributed by atoms with E-state index in [1.165, 1.54) is 38.5 Å². The Labute approximate surface area is 145 Å². The molecular weight excluding hydrogens is 312 g/mol.